The molecule has 8 nitrogen and oxygen atoms in total. The summed E-state index contributed by atoms with van der Waals surface area (Å²) in [6.07, 6.45) is 1.41. The maximum absolute atomic E-state index is 13.6. The minimum atomic E-state index is -4.04. The number of hydrazone groups is 1. The summed E-state index contributed by atoms with van der Waals surface area (Å²) >= 11 is 0. The Morgan fingerprint density at radius 3 is 2.17 bits per heavy atom. The van der Waals surface area contributed by atoms with Crippen molar-refractivity contribution in [2.45, 2.75) is 25.7 Å². The molecule has 0 saturated heterocycles. The Bertz CT molecular complexity index is 1630. The van der Waals surface area contributed by atoms with E-state index in [0.717, 1.165) is 15.4 Å². The van der Waals surface area contributed by atoms with E-state index in [9.17, 15) is 18.0 Å². The summed E-state index contributed by atoms with van der Waals surface area (Å²) in [5.41, 5.74) is 6.40. The van der Waals surface area contributed by atoms with Gasteiger partial charge in [0.25, 0.3) is 15.9 Å². The molecule has 0 aromatic heterocycles. The third-order valence-electron chi connectivity index (χ3n) is 6.03. The van der Waals surface area contributed by atoms with Crippen LogP contribution in [0.25, 0.3) is 0 Å². The van der Waals surface area contributed by atoms with Crippen LogP contribution in [0.3, 0.4) is 0 Å². The molecule has 0 heterocycles. The number of hydrogen-bond donors (Lipinski definition) is 1. The summed E-state index contributed by atoms with van der Waals surface area (Å²) in [6, 6.07) is 27.1. The number of carbonyl (C=O) groups excluding carboxylic acids is 2. The van der Waals surface area contributed by atoms with Crippen molar-refractivity contribution < 1.29 is 22.7 Å². The van der Waals surface area contributed by atoms with Crippen molar-refractivity contribution in [2.75, 3.05) is 10.8 Å². The Morgan fingerprint density at radius 2 is 1.50 bits per heavy atom. The molecule has 0 aliphatic rings. The standard InChI is InChI=1S/C31H29N3O5S/c1-22-10-17-28(18-11-22)40(37,38)34(29-19-23(2)9-12-24(29)3)21-30(35)33-32-20-25-13-15-27(16-14-25)39-31(36)26-7-5-4-6-8-26/h4-20H,21H2,1-3H3,(H,33,35)/b32-20-. The van der Waals surface area contributed by atoms with E-state index in [2.05, 4.69) is 10.5 Å². The molecule has 1 N–H and O–H groups in total. The maximum Gasteiger partial charge on any atom is 0.343 e. The number of ether oxygens (including phenoxy) is 1. The summed E-state index contributed by atoms with van der Waals surface area (Å²) < 4.78 is 33.7. The molecule has 4 rings (SSSR count). The van der Waals surface area contributed by atoms with E-state index in [1.165, 1.54) is 18.3 Å². The number of benzene rings is 4. The van der Waals surface area contributed by atoms with Crippen LogP contribution in [0, 0.1) is 20.8 Å². The highest BCUT2D eigenvalue weighted by Gasteiger charge is 2.28. The Hall–Kier alpha value is -4.76. The highest BCUT2D eigenvalue weighted by molar-refractivity contribution is 7.92. The molecule has 4 aromatic rings. The van der Waals surface area contributed by atoms with Gasteiger partial charge in [0.05, 0.1) is 22.4 Å². The van der Waals surface area contributed by atoms with Crippen LogP contribution in [0.15, 0.2) is 107 Å². The number of aryl methyl sites for hydroxylation is 3. The largest absolute Gasteiger partial charge is 0.423 e. The number of carbonyl (C=O) groups is 2. The van der Waals surface area contributed by atoms with Crippen molar-refractivity contribution in [3.8, 4) is 5.75 Å². The highest BCUT2D eigenvalue weighted by Crippen LogP contribution is 2.28. The van der Waals surface area contributed by atoms with Crippen LogP contribution in [-0.2, 0) is 14.8 Å². The topological polar surface area (TPSA) is 105 Å². The number of sulfonamides is 1. The van der Waals surface area contributed by atoms with E-state index in [0.29, 0.717) is 28.1 Å². The lowest BCUT2D eigenvalue weighted by molar-refractivity contribution is -0.119. The van der Waals surface area contributed by atoms with Gasteiger partial charge < -0.3 is 4.74 Å². The van der Waals surface area contributed by atoms with Crippen LogP contribution < -0.4 is 14.5 Å². The predicted octanol–water partition coefficient (Wildman–Crippen LogP) is 5.18. The molecular weight excluding hydrogens is 526 g/mol. The minimum Gasteiger partial charge on any atom is -0.423 e. The molecule has 0 aliphatic heterocycles. The fourth-order valence-corrected chi connectivity index (χ4v) is 5.31. The molecule has 204 valence electrons. The van der Waals surface area contributed by atoms with E-state index in [-0.39, 0.29) is 4.90 Å². The first kappa shape index (κ1) is 28.3. The van der Waals surface area contributed by atoms with Gasteiger partial charge >= 0.3 is 5.97 Å². The van der Waals surface area contributed by atoms with Crippen LogP contribution in [0.5, 0.6) is 5.75 Å². The second-order valence-electron chi connectivity index (χ2n) is 9.23. The van der Waals surface area contributed by atoms with E-state index in [1.54, 1.807) is 73.7 Å². The monoisotopic (exact) mass is 555 g/mol. The normalized spacial score (nSPS) is 11.3. The van der Waals surface area contributed by atoms with Crippen molar-refractivity contribution in [3.05, 3.63) is 125 Å². The quantitative estimate of drug-likeness (QED) is 0.133. The zero-order valence-electron chi connectivity index (χ0n) is 22.4. The highest BCUT2D eigenvalue weighted by atomic mass is 32.2. The molecule has 0 radical (unpaired) electrons. The molecule has 0 aliphatic carbocycles. The van der Waals surface area contributed by atoms with Crippen LogP contribution >= 0.6 is 0 Å². The zero-order chi connectivity index (χ0) is 28.7. The molecule has 40 heavy (non-hydrogen) atoms. The predicted molar refractivity (Wildman–Crippen MR) is 155 cm³/mol. The summed E-state index contributed by atoms with van der Waals surface area (Å²) in [6.45, 7) is 5.06. The second kappa shape index (κ2) is 12.4. The number of rotatable bonds is 9. The fourth-order valence-electron chi connectivity index (χ4n) is 3.83. The van der Waals surface area contributed by atoms with Gasteiger partial charge in [-0.25, -0.2) is 18.6 Å². The molecule has 0 unspecified atom stereocenters. The number of hydrogen-bond acceptors (Lipinski definition) is 6. The molecule has 4 aromatic carbocycles. The van der Waals surface area contributed by atoms with Crippen molar-refractivity contribution in [1.82, 2.24) is 5.43 Å². The molecule has 0 bridgehead atoms. The van der Waals surface area contributed by atoms with Gasteiger partial charge in [0.1, 0.15) is 12.3 Å². The first-order valence-electron chi connectivity index (χ1n) is 12.5. The average Bonchev–Trinajstić information content (AvgIpc) is 2.95. The van der Waals surface area contributed by atoms with Crippen molar-refractivity contribution in [1.29, 1.82) is 0 Å². The zero-order valence-corrected chi connectivity index (χ0v) is 23.2. The lowest BCUT2D eigenvalue weighted by Gasteiger charge is -2.25. The second-order valence-corrected chi connectivity index (χ2v) is 11.1. The maximum atomic E-state index is 13.6. The number of esters is 1. The number of nitrogens with zero attached hydrogens (tertiary/aromatic N) is 2. The fraction of sp³-hybridized carbons (Fsp3) is 0.129. The first-order chi connectivity index (χ1) is 19.1. The third-order valence-corrected chi connectivity index (χ3v) is 7.81. The van der Waals surface area contributed by atoms with Crippen LogP contribution in [0.4, 0.5) is 5.69 Å². The van der Waals surface area contributed by atoms with Gasteiger partial charge in [-0.2, -0.15) is 5.10 Å². The molecule has 0 atom stereocenters. The summed E-state index contributed by atoms with van der Waals surface area (Å²) in [5.74, 6) is -0.718. The Morgan fingerprint density at radius 1 is 0.850 bits per heavy atom. The molecule has 0 saturated carbocycles. The molecule has 9 heteroatoms. The smallest absolute Gasteiger partial charge is 0.343 e. The summed E-state index contributed by atoms with van der Waals surface area (Å²) in [5, 5.41) is 3.98. The van der Waals surface area contributed by atoms with Gasteiger partial charge in [-0.15, -0.1) is 0 Å². The van der Waals surface area contributed by atoms with Gasteiger partial charge in [0.15, 0.2) is 0 Å². The lowest BCUT2D eigenvalue weighted by Crippen LogP contribution is -2.40. The number of amides is 1. The number of anilines is 1. The van der Waals surface area contributed by atoms with E-state index in [4.69, 9.17) is 4.74 Å². The average molecular weight is 556 g/mol. The van der Waals surface area contributed by atoms with E-state index >= 15 is 0 Å². The Balaban J connectivity index is 1.45. The SMILES string of the molecule is Cc1ccc(S(=O)(=O)N(CC(=O)N/N=C\c2ccc(OC(=O)c3ccccc3)cc2)c2cc(C)ccc2C)cc1. The molecule has 0 spiro atoms. The molecule has 0 fully saturated rings. The Labute approximate surface area is 234 Å². The summed E-state index contributed by atoms with van der Waals surface area (Å²) in [4.78, 5) is 25.2. The first-order valence-corrected chi connectivity index (χ1v) is 13.9. The molecule has 1 amide bonds. The van der Waals surface area contributed by atoms with Gasteiger partial charge in [0, 0.05) is 0 Å². The van der Waals surface area contributed by atoms with Gasteiger partial charge in [-0.3, -0.25) is 9.10 Å². The van der Waals surface area contributed by atoms with Gasteiger partial charge in [-0.1, -0.05) is 48.0 Å². The Kier molecular flexibility index (Phi) is 8.76. The van der Waals surface area contributed by atoms with Crippen molar-refractivity contribution >= 4 is 33.8 Å². The van der Waals surface area contributed by atoms with Crippen LogP contribution in [0.2, 0.25) is 0 Å². The van der Waals surface area contributed by atoms with Crippen molar-refractivity contribution in [2.24, 2.45) is 5.10 Å². The third kappa shape index (κ3) is 7.00. The minimum absolute atomic E-state index is 0.0864. The molecular formula is C31H29N3O5S. The van der Waals surface area contributed by atoms with Crippen molar-refractivity contribution in [3.63, 3.8) is 0 Å². The lowest BCUT2D eigenvalue weighted by atomic mass is 10.1. The van der Waals surface area contributed by atoms with Gasteiger partial charge in [0.2, 0.25) is 0 Å². The number of nitrogens with one attached hydrogen (secondary N) is 1. The summed E-state index contributed by atoms with van der Waals surface area (Å²) in [7, 11) is -4.04. The van der Waals surface area contributed by atoms with E-state index < -0.39 is 28.4 Å². The van der Waals surface area contributed by atoms with Gasteiger partial charge in [-0.05, 0) is 92.1 Å². The van der Waals surface area contributed by atoms with E-state index in [1.807, 2.05) is 32.0 Å². The van der Waals surface area contributed by atoms with Crippen LogP contribution in [-0.4, -0.2) is 33.1 Å². The van der Waals surface area contributed by atoms with Crippen LogP contribution in [0.1, 0.15) is 32.6 Å².